The molecule has 0 spiro atoms. The van der Waals surface area contributed by atoms with Gasteiger partial charge in [-0.2, -0.15) is 0 Å². The lowest BCUT2D eigenvalue weighted by molar-refractivity contribution is -0.305. The monoisotopic (exact) mass is 338 g/mol. The summed E-state index contributed by atoms with van der Waals surface area (Å²) in [6.45, 7) is 2.00. The molecule has 0 fully saturated rings. The van der Waals surface area contributed by atoms with E-state index in [1.54, 1.807) is 6.92 Å². The van der Waals surface area contributed by atoms with Crippen molar-refractivity contribution in [1.29, 1.82) is 0 Å². The summed E-state index contributed by atoms with van der Waals surface area (Å²) >= 11 is 1.40. The number of carboxylic acids is 1. The molecule has 0 atom stereocenters. The third-order valence-electron chi connectivity index (χ3n) is 3.71. The van der Waals surface area contributed by atoms with E-state index in [-0.39, 0.29) is 19.4 Å². The molecule has 1 N–H and O–H groups in total. The van der Waals surface area contributed by atoms with Gasteiger partial charge in [0.05, 0.1) is 12.2 Å². The molecule has 0 bridgehead atoms. The minimum Gasteiger partial charge on any atom is -0.550 e. The zero-order chi connectivity index (χ0) is 16.8. The first-order chi connectivity index (χ1) is 11.0. The van der Waals surface area contributed by atoms with Crippen LogP contribution >= 0.6 is 11.3 Å². The van der Waals surface area contributed by atoms with Crippen LogP contribution in [0.5, 0.6) is 0 Å². The molecule has 1 aromatic rings. The Morgan fingerprint density at radius 1 is 1.17 bits per heavy atom. The summed E-state index contributed by atoms with van der Waals surface area (Å²) in [6.07, 6.45) is 4.37. The summed E-state index contributed by atoms with van der Waals surface area (Å²) in [5.74, 6) is -2.13. The summed E-state index contributed by atoms with van der Waals surface area (Å²) in [5, 5.41) is 13.6. The molecule has 0 aromatic carbocycles. The number of fused-ring (bicyclic) bond motifs is 1. The highest BCUT2D eigenvalue weighted by Crippen LogP contribution is 2.38. The molecule has 7 heteroatoms. The second-order valence-electron chi connectivity index (χ2n) is 5.41. The van der Waals surface area contributed by atoms with E-state index in [2.05, 4.69) is 5.32 Å². The van der Waals surface area contributed by atoms with Crippen molar-refractivity contribution in [2.45, 2.75) is 51.9 Å². The van der Waals surface area contributed by atoms with Gasteiger partial charge in [0, 0.05) is 17.3 Å². The fraction of sp³-hybridized carbons (Fsp3) is 0.562. The third-order valence-corrected chi connectivity index (χ3v) is 4.92. The number of carbonyl (C=O) groups is 3. The lowest BCUT2D eigenvalue weighted by Crippen LogP contribution is -2.24. The van der Waals surface area contributed by atoms with Crippen molar-refractivity contribution in [1.82, 2.24) is 0 Å². The molecule has 2 rings (SSSR count). The molecule has 1 amide bonds. The van der Waals surface area contributed by atoms with Crippen molar-refractivity contribution in [2.24, 2.45) is 0 Å². The van der Waals surface area contributed by atoms with Gasteiger partial charge in [0.2, 0.25) is 5.91 Å². The molecular formula is C16H20NO5S-. The van der Waals surface area contributed by atoms with Crippen LogP contribution in [0.2, 0.25) is 0 Å². The van der Waals surface area contributed by atoms with E-state index in [9.17, 15) is 19.5 Å². The van der Waals surface area contributed by atoms with E-state index >= 15 is 0 Å². The summed E-state index contributed by atoms with van der Waals surface area (Å²) in [7, 11) is 0. The normalized spacial score (nSPS) is 13.8. The zero-order valence-electron chi connectivity index (χ0n) is 13.1. The highest BCUT2D eigenvalue weighted by molar-refractivity contribution is 7.17. The average molecular weight is 338 g/mol. The highest BCUT2D eigenvalue weighted by Gasteiger charge is 2.26. The van der Waals surface area contributed by atoms with Crippen LogP contribution in [0, 0.1) is 0 Å². The predicted octanol–water partition coefficient (Wildman–Crippen LogP) is 1.66. The van der Waals surface area contributed by atoms with E-state index < -0.39 is 17.8 Å². The Bertz CT molecular complexity index is 608. The van der Waals surface area contributed by atoms with E-state index in [4.69, 9.17) is 4.74 Å². The quantitative estimate of drug-likeness (QED) is 0.629. The Balaban J connectivity index is 2.25. The maximum atomic E-state index is 12.3. The zero-order valence-corrected chi connectivity index (χ0v) is 13.9. The summed E-state index contributed by atoms with van der Waals surface area (Å²) in [5.41, 5.74) is 1.41. The third kappa shape index (κ3) is 4.54. The Hall–Kier alpha value is -1.89. The number of rotatable bonds is 6. The lowest BCUT2D eigenvalue weighted by Gasteiger charge is -2.08. The standard InChI is InChI=1S/C16H21NO5S/c1-2-22-16(21)14-10-6-4-3-5-7-11(10)23-15(14)17-12(18)8-9-13(19)20/h2-9H2,1H3,(H,17,18)(H,19,20)/p-1. The number of anilines is 1. The molecule has 0 saturated heterocycles. The van der Waals surface area contributed by atoms with Crippen LogP contribution in [-0.2, 0) is 27.2 Å². The number of carboxylic acid groups (broad SMARTS) is 1. The van der Waals surface area contributed by atoms with Crippen molar-refractivity contribution in [3.05, 3.63) is 16.0 Å². The first-order valence-electron chi connectivity index (χ1n) is 7.84. The fourth-order valence-electron chi connectivity index (χ4n) is 2.65. The van der Waals surface area contributed by atoms with Gasteiger partial charge in [-0.25, -0.2) is 4.79 Å². The molecule has 0 radical (unpaired) electrons. The van der Waals surface area contributed by atoms with Crippen LogP contribution in [0.4, 0.5) is 5.00 Å². The van der Waals surface area contributed by atoms with Gasteiger partial charge < -0.3 is 20.0 Å². The van der Waals surface area contributed by atoms with Crippen LogP contribution in [-0.4, -0.2) is 24.5 Å². The maximum Gasteiger partial charge on any atom is 0.341 e. The van der Waals surface area contributed by atoms with Gasteiger partial charge in [-0.1, -0.05) is 6.42 Å². The molecule has 0 aliphatic heterocycles. The summed E-state index contributed by atoms with van der Waals surface area (Å²) in [4.78, 5) is 35.7. The number of nitrogens with one attached hydrogen (secondary N) is 1. The topological polar surface area (TPSA) is 95.5 Å². The van der Waals surface area contributed by atoms with Crippen LogP contribution in [0.1, 0.15) is 59.8 Å². The number of aryl methyl sites for hydroxylation is 1. The van der Waals surface area contributed by atoms with Crippen molar-refractivity contribution in [3.8, 4) is 0 Å². The van der Waals surface area contributed by atoms with E-state index in [0.29, 0.717) is 10.6 Å². The summed E-state index contributed by atoms with van der Waals surface area (Å²) < 4.78 is 5.13. The number of hydrogen-bond donors (Lipinski definition) is 1. The second-order valence-corrected chi connectivity index (χ2v) is 6.51. The van der Waals surface area contributed by atoms with Crippen LogP contribution in [0.3, 0.4) is 0 Å². The number of ether oxygens (including phenoxy) is 1. The SMILES string of the molecule is CCOC(=O)c1c(NC(=O)CCC(=O)[O-])sc2c1CCCCC2. The van der Waals surface area contributed by atoms with Gasteiger partial charge in [-0.3, -0.25) is 4.79 Å². The molecule has 0 saturated carbocycles. The Labute approximate surface area is 138 Å². The predicted molar refractivity (Wildman–Crippen MR) is 84.4 cm³/mol. The summed E-state index contributed by atoms with van der Waals surface area (Å²) in [6, 6.07) is 0. The number of esters is 1. The van der Waals surface area contributed by atoms with Crippen molar-refractivity contribution in [2.75, 3.05) is 11.9 Å². The van der Waals surface area contributed by atoms with Crippen molar-refractivity contribution < 1.29 is 24.2 Å². The smallest absolute Gasteiger partial charge is 0.341 e. The second kappa shape index (κ2) is 8.10. The lowest BCUT2D eigenvalue weighted by atomic mass is 10.1. The number of thiophene rings is 1. The number of aliphatic carboxylic acids is 1. The number of carbonyl (C=O) groups excluding carboxylic acids is 3. The Kier molecular flexibility index (Phi) is 6.15. The fourth-order valence-corrected chi connectivity index (χ4v) is 3.95. The van der Waals surface area contributed by atoms with Gasteiger partial charge in [0.25, 0.3) is 0 Å². The van der Waals surface area contributed by atoms with Crippen molar-refractivity contribution >= 4 is 34.2 Å². The minimum atomic E-state index is -1.27. The van der Waals surface area contributed by atoms with E-state index in [0.717, 1.165) is 42.5 Å². The molecule has 1 heterocycles. The molecule has 23 heavy (non-hydrogen) atoms. The Morgan fingerprint density at radius 2 is 1.91 bits per heavy atom. The number of amides is 1. The van der Waals surface area contributed by atoms with Gasteiger partial charge in [-0.15, -0.1) is 11.3 Å². The van der Waals surface area contributed by atoms with Gasteiger partial charge in [0.1, 0.15) is 5.00 Å². The highest BCUT2D eigenvalue weighted by atomic mass is 32.1. The van der Waals surface area contributed by atoms with Gasteiger partial charge >= 0.3 is 5.97 Å². The average Bonchev–Trinajstić information content (AvgIpc) is 2.66. The van der Waals surface area contributed by atoms with Gasteiger partial charge in [0.15, 0.2) is 0 Å². The Morgan fingerprint density at radius 3 is 2.61 bits per heavy atom. The largest absolute Gasteiger partial charge is 0.550 e. The molecule has 1 aliphatic rings. The van der Waals surface area contributed by atoms with Crippen LogP contribution < -0.4 is 10.4 Å². The van der Waals surface area contributed by atoms with Crippen molar-refractivity contribution in [3.63, 3.8) is 0 Å². The molecule has 1 aromatic heterocycles. The minimum absolute atomic E-state index is 0.173. The van der Waals surface area contributed by atoms with E-state index in [1.807, 2.05) is 0 Å². The molecule has 126 valence electrons. The van der Waals surface area contributed by atoms with Crippen LogP contribution in [0.15, 0.2) is 0 Å². The first kappa shape index (κ1) is 17.5. The number of hydrogen-bond acceptors (Lipinski definition) is 6. The molecule has 6 nitrogen and oxygen atoms in total. The molecule has 0 unspecified atom stereocenters. The first-order valence-corrected chi connectivity index (χ1v) is 8.66. The van der Waals surface area contributed by atoms with Crippen LogP contribution in [0.25, 0.3) is 0 Å². The maximum absolute atomic E-state index is 12.3. The molecule has 1 aliphatic carbocycles. The van der Waals surface area contributed by atoms with Gasteiger partial charge in [-0.05, 0) is 44.6 Å². The molecular weight excluding hydrogens is 318 g/mol. The van der Waals surface area contributed by atoms with E-state index in [1.165, 1.54) is 11.3 Å².